The molecular weight excluding hydrogens is 282 g/mol. The predicted octanol–water partition coefficient (Wildman–Crippen LogP) is 2.34. The number of nitrogens with zero attached hydrogens (tertiary/aromatic N) is 1. The molecule has 6 nitrogen and oxygen atoms in total. The quantitative estimate of drug-likeness (QED) is 0.582. The number of rotatable bonds is 5. The summed E-state index contributed by atoms with van der Waals surface area (Å²) in [5, 5.41) is 12.4. The molecule has 116 valence electrons. The molecular formula is C16H19N3O3. The second-order valence-electron chi connectivity index (χ2n) is 4.56. The standard InChI is InChI=1S/C16H19N3O3/c1-21-13-6-7-15(22-2)14(9-13)19-16(17)18-10-11-4-3-5-12(20)8-11/h3-9,20H,10H2,1-2H3,(H3,17,18,19). The van der Waals surface area contributed by atoms with Crippen molar-refractivity contribution in [3.8, 4) is 17.2 Å². The number of aliphatic imine (C=N–C) groups is 1. The number of guanidine groups is 1. The summed E-state index contributed by atoms with van der Waals surface area (Å²) in [6.45, 7) is 0.361. The van der Waals surface area contributed by atoms with Crippen molar-refractivity contribution in [3.05, 3.63) is 48.0 Å². The molecule has 0 radical (unpaired) electrons. The third-order valence-electron chi connectivity index (χ3n) is 3.01. The highest BCUT2D eigenvalue weighted by atomic mass is 16.5. The maximum Gasteiger partial charge on any atom is 0.193 e. The molecule has 2 rings (SSSR count). The van der Waals surface area contributed by atoms with Crippen molar-refractivity contribution in [2.75, 3.05) is 19.5 Å². The lowest BCUT2D eigenvalue weighted by atomic mass is 10.2. The number of aromatic hydroxyl groups is 1. The normalized spacial score (nSPS) is 11.1. The molecule has 2 aromatic rings. The second-order valence-corrected chi connectivity index (χ2v) is 4.56. The maximum absolute atomic E-state index is 9.41. The van der Waals surface area contributed by atoms with Gasteiger partial charge in [-0.2, -0.15) is 0 Å². The van der Waals surface area contributed by atoms with Gasteiger partial charge in [-0.25, -0.2) is 4.99 Å². The van der Waals surface area contributed by atoms with Crippen LogP contribution >= 0.6 is 0 Å². The third-order valence-corrected chi connectivity index (χ3v) is 3.01. The van der Waals surface area contributed by atoms with Gasteiger partial charge in [0.05, 0.1) is 26.5 Å². The molecule has 2 aromatic carbocycles. The highest BCUT2D eigenvalue weighted by molar-refractivity contribution is 5.94. The van der Waals surface area contributed by atoms with E-state index in [1.165, 1.54) is 0 Å². The first kappa shape index (κ1) is 15.5. The maximum atomic E-state index is 9.41. The lowest BCUT2D eigenvalue weighted by Gasteiger charge is -2.12. The van der Waals surface area contributed by atoms with Crippen molar-refractivity contribution in [1.82, 2.24) is 0 Å². The number of hydrogen-bond donors (Lipinski definition) is 3. The van der Waals surface area contributed by atoms with Crippen molar-refractivity contribution in [3.63, 3.8) is 0 Å². The Balaban J connectivity index is 2.10. The van der Waals surface area contributed by atoms with E-state index in [1.807, 2.05) is 6.07 Å². The average Bonchev–Trinajstić information content (AvgIpc) is 2.53. The largest absolute Gasteiger partial charge is 0.508 e. The zero-order chi connectivity index (χ0) is 15.9. The summed E-state index contributed by atoms with van der Waals surface area (Å²) >= 11 is 0. The first-order valence-corrected chi connectivity index (χ1v) is 6.69. The molecule has 0 saturated carbocycles. The van der Waals surface area contributed by atoms with E-state index in [2.05, 4.69) is 10.3 Å². The minimum absolute atomic E-state index is 0.202. The summed E-state index contributed by atoms with van der Waals surface area (Å²) in [6, 6.07) is 12.2. The van der Waals surface area contributed by atoms with Crippen molar-refractivity contribution in [2.24, 2.45) is 10.7 Å². The van der Waals surface area contributed by atoms with Gasteiger partial charge >= 0.3 is 0 Å². The molecule has 4 N–H and O–H groups in total. The minimum Gasteiger partial charge on any atom is -0.508 e. The molecule has 6 heteroatoms. The highest BCUT2D eigenvalue weighted by Crippen LogP contribution is 2.28. The molecule has 0 aromatic heterocycles. The number of anilines is 1. The van der Waals surface area contributed by atoms with Gasteiger partial charge in [-0.3, -0.25) is 0 Å². The van der Waals surface area contributed by atoms with Crippen LogP contribution in [0.2, 0.25) is 0 Å². The van der Waals surface area contributed by atoms with Crippen molar-refractivity contribution in [2.45, 2.75) is 6.54 Å². The predicted molar refractivity (Wildman–Crippen MR) is 86.6 cm³/mol. The Hall–Kier alpha value is -2.89. The number of phenols is 1. The van der Waals surface area contributed by atoms with E-state index < -0.39 is 0 Å². The van der Waals surface area contributed by atoms with E-state index in [0.717, 1.165) is 5.56 Å². The van der Waals surface area contributed by atoms with E-state index in [9.17, 15) is 5.11 Å². The van der Waals surface area contributed by atoms with Crippen LogP contribution in [0, 0.1) is 0 Å². The van der Waals surface area contributed by atoms with Crippen LogP contribution in [0.1, 0.15) is 5.56 Å². The lowest BCUT2D eigenvalue weighted by Crippen LogP contribution is -2.23. The number of ether oxygens (including phenoxy) is 2. The van der Waals surface area contributed by atoms with Crippen LogP contribution in [0.4, 0.5) is 5.69 Å². The topological polar surface area (TPSA) is 89.1 Å². The number of phenolic OH excluding ortho intramolecular Hbond substituents is 1. The Labute approximate surface area is 129 Å². The Morgan fingerprint density at radius 2 is 2.00 bits per heavy atom. The molecule has 0 aliphatic carbocycles. The zero-order valence-electron chi connectivity index (χ0n) is 12.5. The Morgan fingerprint density at radius 1 is 1.18 bits per heavy atom. The van der Waals surface area contributed by atoms with Crippen LogP contribution in [0.3, 0.4) is 0 Å². The number of hydrogen-bond acceptors (Lipinski definition) is 4. The van der Waals surface area contributed by atoms with Crippen LogP contribution in [0.25, 0.3) is 0 Å². The molecule has 0 unspecified atom stereocenters. The summed E-state index contributed by atoms with van der Waals surface area (Å²) in [5.41, 5.74) is 7.42. The van der Waals surface area contributed by atoms with Gasteiger partial charge in [0.25, 0.3) is 0 Å². The van der Waals surface area contributed by atoms with Gasteiger partial charge in [-0.05, 0) is 29.8 Å². The lowest BCUT2D eigenvalue weighted by molar-refractivity contribution is 0.405. The smallest absolute Gasteiger partial charge is 0.193 e. The van der Waals surface area contributed by atoms with Crippen LogP contribution in [-0.4, -0.2) is 25.3 Å². The molecule has 0 bridgehead atoms. The van der Waals surface area contributed by atoms with Gasteiger partial charge in [0.2, 0.25) is 0 Å². The zero-order valence-corrected chi connectivity index (χ0v) is 12.5. The van der Waals surface area contributed by atoms with Gasteiger partial charge in [-0.15, -0.1) is 0 Å². The van der Waals surface area contributed by atoms with Crippen molar-refractivity contribution < 1.29 is 14.6 Å². The van der Waals surface area contributed by atoms with Gasteiger partial charge in [0, 0.05) is 6.07 Å². The summed E-state index contributed by atoms with van der Waals surface area (Å²) in [7, 11) is 3.16. The molecule has 0 heterocycles. The van der Waals surface area contributed by atoms with Crippen molar-refractivity contribution >= 4 is 11.6 Å². The number of nitrogens with two attached hydrogens (primary N) is 1. The van der Waals surface area contributed by atoms with Crippen LogP contribution in [0.15, 0.2) is 47.5 Å². The molecule has 0 atom stereocenters. The van der Waals surface area contributed by atoms with Crippen LogP contribution in [-0.2, 0) is 6.54 Å². The summed E-state index contributed by atoms with van der Waals surface area (Å²) in [5.74, 6) is 1.77. The summed E-state index contributed by atoms with van der Waals surface area (Å²) < 4.78 is 10.4. The fourth-order valence-corrected chi connectivity index (χ4v) is 1.92. The number of benzene rings is 2. The molecule has 0 amide bonds. The van der Waals surface area contributed by atoms with E-state index in [0.29, 0.717) is 23.7 Å². The third kappa shape index (κ3) is 4.05. The first-order valence-electron chi connectivity index (χ1n) is 6.69. The molecule has 0 aliphatic heterocycles. The average molecular weight is 301 g/mol. The van der Waals surface area contributed by atoms with Crippen LogP contribution in [0.5, 0.6) is 17.2 Å². The molecule has 0 saturated heterocycles. The van der Waals surface area contributed by atoms with E-state index >= 15 is 0 Å². The molecule has 0 spiro atoms. The number of nitrogens with one attached hydrogen (secondary N) is 1. The SMILES string of the molecule is COc1ccc(OC)c(NC(N)=NCc2cccc(O)c2)c1. The molecule has 22 heavy (non-hydrogen) atoms. The fourth-order valence-electron chi connectivity index (χ4n) is 1.92. The minimum atomic E-state index is 0.202. The van der Waals surface area contributed by atoms with Gasteiger partial charge < -0.3 is 25.6 Å². The highest BCUT2D eigenvalue weighted by Gasteiger charge is 2.06. The van der Waals surface area contributed by atoms with E-state index in [1.54, 1.807) is 50.6 Å². The van der Waals surface area contributed by atoms with Crippen LogP contribution < -0.4 is 20.5 Å². The van der Waals surface area contributed by atoms with E-state index in [4.69, 9.17) is 15.2 Å². The van der Waals surface area contributed by atoms with E-state index in [-0.39, 0.29) is 11.7 Å². The van der Waals surface area contributed by atoms with Crippen molar-refractivity contribution in [1.29, 1.82) is 0 Å². The second kappa shape index (κ2) is 7.21. The first-order chi connectivity index (χ1) is 10.6. The fraction of sp³-hybridized carbons (Fsp3) is 0.188. The summed E-state index contributed by atoms with van der Waals surface area (Å²) in [4.78, 5) is 4.24. The molecule has 0 aliphatic rings. The summed E-state index contributed by atoms with van der Waals surface area (Å²) in [6.07, 6.45) is 0. The monoisotopic (exact) mass is 301 g/mol. The Morgan fingerprint density at radius 3 is 2.68 bits per heavy atom. The van der Waals surface area contributed by atoms with Gasteiger partial charge in [-0.1, -0.05) is 12.1 Å². The molecule has 0 fully saturated rings. The Kier molecular flexibility index (Phi) is 5.08. The van der Waals surface area contributed by atoms with Gasteiger partial charge in [0.15, 0.2) is 5.96 Å². The number of methoxy groups -OCH3 is 2. The Bertz CT molecular complexity index is 671. The van der Waals surface area contributed by atoms with Gasteiger partial charge in [0.1, 0.15) is 17.2 Å².